The zero-order chi connectivity index (χ0) is 12.8. The van der Waals surface area contributed by atoms with E-state index in [9.17, 15) is 9.90 Å². The van der Waals surface area contributed by atoms with Crippen LogP contribution in [0.5, 0.6) is 5.75 Å². The molecule has 3 heteroatoms. The van der Waals surface area contributed by atoms with E-state index in [0.29, 0.717) is 17.7 Å². The van der Waals surface area contributed by atoms with Crippen LogP contribution >= 0.6 is 0 Å². The van der Waals surface area contributed by atoms with Crippen molar-refractivity contribution in [3.05, 3.63) is 29.3 Å². The smallest absolute Gasteiger partial charge is 0.258 e. The molecule has 17 heavy (non-hydrogen) atoms. The average Bonchev–Trinajstić information content (AvgIpc) is 2.31. The fourth-order valence-corrected chi connectivity index (χ4v) is 1.63. The zero-order valence-corrected chi connectivity index (χ0v) is 10.2. The molecule has 1 amide bonds. The SMILES string of the molecule is C#CCN(CCC)C(=O)c1cccc(C)c1O. The van der Waals surface area contributed by atoms with Crippen molar-refractivity contribution in [2.24, 2.45) is 0 Å². The van der Waals surface area contributed by atoms with Crippen LogP contribution in [0.4, 0.5) is 0 Å². The van der Waals surface area contributed by atoms with E-state index in [1.165, 1.54) is 0 Å². The fraction of sp³-hybridized carbons (Fsp3) is 0.357. The number of benzene rings is 1. The Morgan fingerprint density at radius 1 is 1.53 bits per heavy atom. The van der Waals surface area contributed by atoms with Gasteiger partial charge in [0.2, 0.25) is 0 Å². The molecule has 3 nitrogen and oxygen atoms in total. The number of aryl methyl sites for hydroxylation is 1. The molecular formula is C14H17NO2. The van der Waals surface area contributed by atoms with Gasteiger partial charge in [-0.3, -0.25) is 4.79 Å². The van der Waals surface area contributed by atoms with Gasteiger partial charge < -0.3 is 10.0 Å². The predicted molar refractivity (Wildman–Crippen MR) is 67.9 cm³/mol. The van der Waals surface area contributed by atoms with Gasteiger partial charge in [-0.25, -0.2) is 0 Å². The molecule has 90 valence electrons. The molecule has 0 fully saturated rings. The topological polar surface area (TPSA) is 40.5 Å². The number of carbonyl (C=O) groups is 1. The minimum atomic E-state index is -0.217. The summed E-state index contributed by atoms with van der Waals surface area (Å²) < 4.78 is 0. The van der Waals surface area contributed by atoms with E-state index in [4.69, 9.17) is 6.42 Å². The molecule has 0 saturated heterocycles. The Hall–Kier alpha value is -1.95. The molecule has 1 N–H and O–H groups in total. The van der Waals surface area contributed by atoms with Gasteiger partial charge in [0.1, 0.15) is 5.75 Å². The van der Waals surface area contributed by atoms with E-state index in [-0.39, 0.29) is 18.2 Å². The van der Waals surface area contributed by atoms with Crippen molar-refractivity contribution in [3.8, 4) is 18.1 Å². The quantitative estimate of drug-likeness (QED) is 0.807. The van der Waals surface area contributed by atoms with Crippen LogP contribution in [0.2, 0.25) is 0 Å². The second-order valence-corrected chi connectivity index (χ2v) is 3.90. The molecule has 0 heterocycles. The third-order valence-corrected chi connectivity index (χ3v) is 2.53. The highest BCUT2D eigenvalue weighted by atomic mass is 16.3. The maximum Gasteiger partial charge on any atom is 0.258 e. The van der Waals surface area contributed by atoms with Gasteiger partial charge in [-0.2, -0.15) is 0 Å². The van der Waals surface area contributed by atoms with Gasteiger partial charge in [-0.1, -0.05) is 25.0 Å². The summed E-state index contributed by atoms with van der Waals surface area (Å²) in [6.45, 7) is 4.60. The third-order valence-electron chi connectivity index (χ3n) is 2.53. The summed E-state index contributed by atoms with van der Waals surface area (Å²) in [6.07, 6.45) is 6.07. The maximum atomic E-state index is 12.2. The standard InChI is InChI=1S/C14H17NO2/c1-4-9-15(10-5-2)14(17)12-8-6-7-11(3)13(12)16/h1,6-8,16H,5,9-10H2,2-3H3. The summed E-state index contributed by atoms with van der Waals surface area (Å²) in [6, 6.07) is 5.13. The first kappa shape index (κ1) is 13.1. The Morgan fingerprint density at radius 2 is 2.24 bits per heavy atom. The summed E-state index contributed by atoms with van der Waals surface area (Å²) in [4.78, 5) is 13.7. The molecule has 0 unspecified atom stereocenters. The van der Waals surface area contributed by atoms with E-state index >= 15 is 0 Å². The van der Waals surface area contributed by atoms with Gasteiger partial charge in [-0.15, -0.1) is 6.42 Å². The van der Waals surface area contributed by atoms with E-state index < -0.39 is 0 Å². The van der Waals surface area contributed by atoms with Crippen LogP contribution in [0, 0.1) is 19.3 Å². The Balaban J connectivity index is 3.01. The zero-order valence-electron chi connectivity index (χ0n) is 10.2. The lowest BCUT2D eigenvalue weighted by atomic mass is 10.1. The van der Waals surface area contributed by atoms with Crippen molar-refractivity contribution >= 4 is 5.91 Å². The number of terminal acetylenes is 1. The number of rotatable bonds is 4. The summed E-state index contributed by atoms with van der Waals surface area (Å²) in [5, 5.41) is 9.85. The van der Waals surface area contributed by atoms with Crippen molar-refractivity contribution < 1.29 is 9.90 Å². The average molecular weight is 231 g/mol. The third kappa shape index (κ3) is 3.01. The summed E-state index contributed by atoms with van der Waals surface area (Å²) in [7, 11) is 0. The van der Waals surface area contributed by atoms with Crippen LogP contribution < -0.4 is 0 Å². The van der Waals surface area contributed by atoms with Crippen molar-refractivity contribution in [1.29, 1.82) is 0 Å². The first-order valence-electron chi connectivity index (χ1n) is 5.63. The van der Waals surface area contributed by atoms with Crippen LogP contribution in [0.15, 0.2) is 18.2 Å². The number of aromatic hydroxyl groups is 1. The lowest BCUT2D eigenvalue weighted by molar-refractivity contribution is 0.0773. The second-order valence-electron chi connectivity index (χ2n) is 3.90. The van der Waals surface area contributed by atoms with Gasteiger partial charge >= 0.3 is 0 Å². The van der Waals surface area contributed by atoms with Crippen LogP contribution in [0.25, 0.3) is 0 Å². The molecule has 0 atom stereocenters. The van der Waals surface area contributed by atoms with Crippen molar-refractivity contribution in [2.45, 2.75) is 20.3 Å². The number of amides is 1. The highest BCUT2D eigenvalue weighted by molar-refractivity contribution is 5.97. The largest absolute Gasteiger partial charge is 0.507 e. The number of nitrogens with zero attached hydrogens (tertiary/aromatic N) is 1. The van der Waals surface area contributed by atoms with Gasteiger partial charge in [-0.05, 0) is 25.0 Å². The molecule has 0 aliphatic heterocycles. The number of hydrogen-bond acceptors (Lipinski definition) is 2. The number of hydrogen-bond donors (Lipinski definition) is 1. The first-order valence-corrected chi connectivity index (χ1v) is 5.63. The monoisotopic (exact) mass is 231 g/mol. The maximum absolute atomic E-state index is 12.2. The minimum Gasteiger partial charge on any atom is -0.507 e. The molecule has 0 aliphatic carbocycles. The molecule has 0 aliphatic rings. The molecule has 1 rings (SSSR count). The van der Waals surface area contributed by atoms with E-state index in [2.05, 4.69) is 5.92 Å². The number of phenols is 1. The number of para-hydroxylation sites is 1. The highest BCUT2D eigenvalue weighted by Gasteiger charge is 2.18. The van der Waals surface area contributed by atoms with Crippen LogP contribution in [0.3, 0.4) is 0 Å². The van der Waals surface area contributed by atoms with Gasteiger partial charge in [0.15, 0.2) is 0 Å². The lowest BCUT2D eigenvalue weighted by Crippen LogP contribution is -2.32. The summed E-state index contributed by atoms with van der Waals surface area (Å²) in [5.74, 6) is 2.28. The van der Waals surface area contributed by atoms with E-state index in [1.807, 2.05) is 6.92 Å². The molecule has 0 spiro atoms. The Kier molecular flexibility index (Phi) is 4.59. The second kappa shape index (κ2) is 5.95. The van der Waals surface area contributed by atoms with Gasteiger partial charge in [0.25, 0.3) is 5.91 Å². The normalized spacial score (nSPS) is 9.71. The van der Waals surface area contributed by atoms with Gasteiger partial charge in [0, 0.05) is 6.54 Å². The Labute approximate surface area is 102 Å². The molecule has 1 aromatic carbocycles. The Morgan fingerprint density at radius 3 is 2.82 bits per heavy atom. The van der Waals surface area contributed by atoms with Crippen molar-refractivity contribution in [1.82, 2.24) is 4.90 Å². The van der Waals surface area contributed by atoms with E-state index in [0.717, 1.165) is 6.42 Å². The van der Waals surface area contributed by atoms with Crippen LogP contribution in [-0.4, -0.2) is 29.0 Å². The summed E-state index contributed by atoms with van der Waals surface area (Å²) >= 11 is 0. The number of carbonyl (C=O) groups excluding carboxylic acids is 1. The molecule has 0 radical (unpaired) electrons. The molecular weight excluding hydrogens is 214 g/mol. The number of phenolic OH excluding ortho intramolecular Hbond substituents is 1. The van der Waals surface area contributed by atoms with Crippen molar-refractivity contribution in [3.63, 3.8) is 0 Å². The summed E-state index contributed by atoms with van der Waals surface area (Å²) in [5.41, 5.74) is 1.00. The predicted octanol–water partition coefficient (Wildman–Crippen LogP) is 2.19. The Bertz CT molecular complexity index is 446. The van der Waals surface area contributed by atoms with Crippen molar-refractivity contribution in [2.75, 3.05) is 13.1 Å². The fourth-order valence-electron chi connectivity index (χ4n) is 1.63. The van der Waals surface area contributed by atoms with E-state index in [1.54, 1.807) is 30.0 Å². The van der Waals surface area contributed by atoms with Crippen LogP contribution in [-0.2, 0) is 0 Å². The molecule has 0 bridgehead atoms. The minimum absolute atomic E-state index is 0.0376. The molecule has 0 saturated carbocycles. The first-order chi connectivity index (χ1) is 8.11. The molecule has 1 aromatic rings. The highest BCUT2D eigenvalue weighted by Crippen LogP contribution is 2.22. The van der Waals surface area contributed by atoms with Crippen LogP contribution in [0.1, 0.15) is 29.3 Å². The molecule has 0 aromatic heterocycles. The lowest BCUT2D eigenvalue weighted by Gasteiger charge is -2.20. The van der Waals surface area contributed by atoms with Gasteiger partial charge in [0.05, 0.1) is 12.1 Å².